The van der Waals surface area contributed by atoms with E-state index in [1.54, 1.807) is 54.6 Å². The SMILES string of the molecule is COC(=O)[C@H]1O[C@@H](OC[C@H]2O[C@H](OC)[C@H](OCc3ccccc3)[C@@H](OCc3ccccc3)[C@@H]2OCc2ccccc2)[C@H](OC(=O)c2ccccc2)[C@@H](OC(=O)c2ccccc2)[C@@H]1OC(=O)c1ccccc1. The summed E-state index contributed by atoms with van der Waals surface area (Å²) >= 11 is 0. The van der Waals surface area contributed by atoms with E-state index in [0.29, 0.717) is 0 Å². The highest BCUT2D eigenvalue weighted by atomic mass is 16.8. The number of methoxy groups -OCH3 is 2. The zero-order chi connectivity index (χ0) is 49.4. The van der Waals surface area contributed by atoms with Crippen molar-refractivity contribution in [1.82, 2.24) is 0 Å². The van der Waals surface area contributed by atoms with Gasteiger partial charge < -0.3 is 52.1 Å². The molecule has 0 spiro atoms. The van der Waals surface area contributed by atoms with Crippen molar-refractivity contribution in [3.63, 3.8) is 0 Å². The number of esters is 4. The Morgan fingerprint density at radius 1 is 0.394 bits per heavy atom. The van der Waals surface area contributed by atoms with Gasteiger partial charge in [-0.15, -0.1) is 0 Å². The molecule has 0 N–H and O–H groups in total. The summed E-state index contributed by atoms with van der Waals surface area (Å²) in [5, 5.41) is 0. The Morgan fingerprint density at radius 3 is 1.20 bits per heavy atom. The smallest absolute Gasteiger partial charge is 0.339 e. The second kappa shape index (κ2) is 25.2. The number of hydrogen-bond donors (Lipinski definition) is 0. The Balaban J connectivity index is 1.17. The Labute approximate surface area is 411 Å². The van der Waals surface area contributed by atoms with Gasteiger partial charge in [0.2, 0.25) is 0 Å². The van der Waals surface area contributed by atoms with E-state index in [9.17, 15) is 19.2 Å². The second-order valence-corrected chi connectivity index (χ2v) is 16.6. The van der Waals surface area contributed by atoms with Crippen LogP contribution in [-0.4, -0.2) is 106 Å². The lowest BCUT2D eigenvalue weighted by molar-refractivity contribution is -0.338. The maximum Gasteiger partial charge on any atom is 0.339 e. The van der Waals surface area contributed by atoms with E-state index in [0.717, 1.165) is 23.8 Å². The van der Waals surface area contributed by atoms with E-state index >= 15 is 0 Å². The van der Waals surface area contributed by atoms with Crippen molar-refractivity contribution in [3.05, 3.63) is 215 Å². The van der Waals surface area contributed by atoms with Gasteiger partial charge in [-0.3, -0.25) is 0 Å². The summed E-state index contributed by atoms with van der Waals surface area (Å²) in [4.78, 5) is 55.9. The van der Waals surface area contributed by atoms with E-state index in [-0.39, 0.29) is 43.1 Å². The molecule has 2 heterocycles. The zero-order valence-electron chi connectivity index (χ0n) is 39.0. The first kappa shape index (κ1) is 50.3. The minimum atomic E-state index is -1.79. The highest BCUT2D eigenvalue weighted by molar-refractivity contribution is 5.91. The van der Waals surface area contributed by atoms with Gasteiger partial charge in [0.05, 0.1) is 50.2 Å². The Kier molecular flexibility index (Phi) is 17.8. The average Bonchev–Trinajstić information content (AvgIpc) is 3.43. The maximum atomic E-state index is 14.1. The average molecular weight is 967 g/mol. The van der Waals surface area contributed by atoms with E-state index in [4.69, 9.17) is 52.1 Å². The normalized spacial score (nSPS) is 24.0. The Hall–Kier alpha value is -7.08. The molecule has 0 unspecified atom stereocenters. The molecule has 8 rings (SSSR count). The van der Waals surface area contributed by atoms with E-state index in [1.807, 2.05) is 91.0 Å². The molecule has 15 heteroatoms. The fourth-order valence-corrected chi connectivity index (χ4v) is 8.20. The van der Waals surface area contributed by atoms with Gasteiger partial charge in [0.15, 0.2) is 37.0 Å². The van der Waals surface area contributed by atoms with E-state index < -0.39 is 85.3 Å². The van der Waals surface area contributed by atoms with Gasteiger partial charge in [-0.25, -0.2) is 19.2 Å². The molecule has 0 aromatic heterocycles. The molecule has 0 amide bonds. The summed E-state index contributed by atoms with van der Waals surface area (Å²) < 4.78 is 69.3. The monoisotopic (exact) mass is 966 g/mol. The molecular weight excluding hydrogens is 913 g/mol. The van der Waals surface area contributed by atoms with E-state index in [2.05, 4.69) is 0 Å². The Morgan fingerprint density at radius 2 is 0.775 bits per heavy atom. The van der Waals surface area contributed by atoms with Crippen LogP contribution in [0.15, 0.2) is 182 Å². The van der Waals surface area contributed by atoms with Crippen LogP contribution in [0, 0.1) is 0 Å². The lowest BCUT2D eigenvalue weighted by Gasteiger charge is -2.47. The van der Waals surface area contributed by atoms with Crippen LogP contribution in [0.4, 0.5) is 0 Å². The molecule has 15 nitrogen and oxygen atoms in total. The highest BCUT2D eigenvalue weighted by Crippen LogP contribution is 2.35. The summed E-state index contributed by atoms with van der Waals surface area (Å²) in [5.74, 6) is -3.67. The minimum absolute atomic E-state index is 0.109. The fourth-order valence-electron chi connectivity index (χ4n) is 8.20. The molecule has 6 aromatic carbocycles. The second-order valence-electron chi connectivity index (χ2n) is 16.6. The molecule has 0 bridgehead atoms. The van der Waals surface area contributed by atoms with Gasteiger partial charge in [-0.1, -0.05) is 146 Å². The van der Waals surface area contributed by atoms with Gasteiger partial charge >= 0.3 is 23.9 Å². The van der Waals surface area contributed by atoms with Gasteiger partial charge in [-0.2, -0.15) is 0 Å². The van der Waals surface area contributed by atoms with Gasteiger partial charge in [0, 0.05) is 7.11 Å². The fraction of sp³-hybridized carbons (Fsp3) is 0.286. The third-order valence-electron chi connectivity index (χ3n) is 11.8. The predicted octanol–water partition coefficient (Wildman–Crippen LogP) is 7.71. The molecule has 0 saturated carbocycles. The van der Waals surface area contributed by atoms with Crippen LogP contribution in [-0.2, 0) is 76.7 Å². The molecule has 2 fully saturated rings. The molecular formula is C56H54O15. The lowest BCUT2D eigenvalue weighted by Crippen LogP contribution is -2.65. The van der Waals surface area contributed by atoms with Crippen LogP contribution < -0.4 is 0 Å². The first-order chi connectivity index (χ1) is 34.8. The van der Waals surface area contributed by atoms with Crippen molar-refractivity contribution in [2.24, 2.45) is 0 Å². The number of ether oxygens (including phenoxy) is 11. The van der Waals surface area contributed by atoms with E-state index in [1.165, 1.54) is 43.5 Å². The van der Waals surface area contributed by atoms with Gasteiger partial charge in [0.1, 0.15) is 24.4 Å². The van der Waals surface area contributed by atoms with Crippen molar-refractivity contribution in [1.29, 1.82) is 0 Å². The summed E-state index contributed by atoms with van der Waals surface area (Å²) in [7, 11) is 2.60. The van der Waals surface area contributed by atoms with Crippen molar-refractivity contribution >= 4 is 23.9 Å². The van der Waals surface area contributed by atoms with Crippen molar-refractivity contribution in [3.8, 4) is 0 Å². The zero-order valence-corrected chi connectivity index (χ0v) is 39.0. The maximum absolute atomic E-state index is 14.1. The summed E-state index contributed by atoms with van der Waals surface area (Å²) in [5.41, 5.74) is 2.98. The first-order valence-corrected chi connectivity index (χ1v) is 23.1. The highest BCUT2D eigenvalue weighted by Gasteiger charge is 2.57. The molecule has 0 aliphatic carbocycles. The number of carbonyl (C=O) groups excluding carboxylic acids is 4. The molecule has 2 aliphatic rings. The molecule has 71 heavy (non-hydrogen) atoms. The van der Waals surface area contributed by atoms with Crippen LogP contribution in [0.25, 0.3) is 0 Å². The number of benzene rings is 6. The lowest BCUT2D eigenvalue weighted by atomic mass is 9.96. The van der Waals surface area contributed by atoms with Crippen LogP contribution >= 0.6 is 0 Å². The largest absolute Gasteiger partial charge is 0.467 e. The molecule has 0 radical (unpaired) electrons. The third-order valence-corrected chi connectivity index (χ3v) is 11.8. The van der Waals surface area contributed by atoms with Crippen molar-refractivity contribution in [2.45, 2.75) is 81.2 Å². The molecule has 6 aromatic rings. The van der Waals surface area contributed by atoms with Gasteiger partial charge in [-0.05, 0) is 53.1 Å². The first-order valence-electron chi connectivity index (χ1n) is 23.1. The summed E-state index contributed by atoms with van der Waals surface area (Å²) in [6.07, 6.45) is -13.5. The molecule has 2 aliphatic heterocycles. The molecule has 368 valence electrons. The number of carbonyl (C=O) groups is 4. The van der Waals surface area contributed by atoms with Crippen LogP contribution in [0.3, 0.4) is 0 Å². The standard InChI is InChI=1S/C56H54O15/c1-61-54(60)48-46(68-51(57)40-27-15-6-16-28-40)47(69-52(58)41-29-17-7-18-30-41)50(70-53(59)42-31-19-8-20-32-42)56(71-48)66-36-43-44(63-33-37-21-9-3-10-22-37)45(64-34-38-23-11-4-12-24-38)49(55(62-2)67-43)65-35-39-25-13-5-14-26-39/h3-32,43-50,55-56H,33-36H2,1-2H3/t43-,44-,45+,46+,47+,48+,49-,50-,55+,56-/m1/s1. The summed E-state index contributed by atoms with van der Waals surface area (Å²) in [6, 6.07) is 52.8. The predicted molar refractivity (Wildman–Crippen MR) is 254 cm³/mol. The van der Waals surface area contributed by atoms with Gasteiger partial charge in [0.25, 0.3) is 0 Å². The number of hydrogen-bond acceptors (Lipinski definition) is 15. The molecule has 10 atom stereocenters. The number of rotatable bonds is 20. The van der Waals surface area contributed by atoms with Crippen LogP contribution in [0.5, 0.6) is 0 Å². The quantitative estimate of drug-likeness (QED) is 0.0538. The van der Waals surface area contributed by atoms with Crippen LogP contribution in [0.1, 0.15) is 47.8 Å². The third kappa shape index (κ3) is 13.2. The minimum Gasteiger partial charge on any atom is -0.467 e. The van der Waals surface area contributed by atoms with Crippen molar-refractivity contribution in [2.75, 3.05) is 20.8 Å². The van der Waals surface area contributed by atoms with Crippen molar-refractivity contribution < 1.29 is 71.3 Å². The molecule has 2 saturated heterocycles. The van der Waals surface area contributed by atoms with Crippen LogP contribution in [0.2, 0.25) is 0 Å². The Bertz CT molecular complexity index is 2590. The summed E-state index contributed by atoms with van der Waals surface area (Å²) in [6.45, 7) is 0.0767. The topological polar surface area (TPSA) is 170 Å².